The van der Waals surface area contributed by atoms with E-state index in [9.17, 15) is 4.79 Å². The molecule has 0 atom stereocenters. The van der Waals surface area contributed by atoms with Gasteiger partial charge in [0.2, 0.25) is 0 Å². The smallest absolute Gasteiger partial charge is 0.354 e. The van der Waals surface area contributed by atoms with Crippen LogP contribution in [0.5, 0.6) is 0 Å². The number of benzene rings is 1. The first-order valence-corrected chi connectivity index (χ1v) is 6.56. The molecular weight excluding hydrogens is 248 g/mol. The van der Waals surface area contributed by atoms with Crippen LogP contribution in [0.1, 0.15) is 16.1 Å². The summed E-state index contributed by atoms with van der Waals surface area (Å²) < 4.78 is 0. The van der Waals surface area contributed by atoms with Crippen LogP contribution in [0, 0.1) is 6.92 Å². The third-order valence-corrected chi connectivity index (χ3v) is 3.00. The molecule has 1 aromatic carbocycles. The molecule has 0 aliphatic rings. The summed E-state index contributed by atoms with van der Waals surface area (Å²) in [5.74, 6) is -1.04. The van der Waals surface area contributed by atoms with E-state index >= 15 is 0 Å². The van der Waals surface area contributed by atoms with Crippen molar-refractivity contribution < 1.29 is 9.90 Å². The van der Waals surface area contributed by atoms with Crippen molar-refractivity contribution in [1.29, 1.82) is 0 Å². The van der Waals surface area contributed by atoms with Gasteiger partial charge in [-0.05, 0) is 19.2 Å². The van der Waals surface area contributed by atoms with Gasteiger partial charge in [0.25, 0.3) is 0 Å². The van der Waals surface area contributed by atoms with Gasteiger partial charge in [-0.1, -0.05) is 41.6 Å². The minimum Gasteiger partial charge on any atom is -0.477 e. The lowest BCUT2D eigenvalue weighted by Gasteiger charge is -2.05. The topological polar surface area (TPSA) is 63.1 Å². The van der Waals surface area contributed by atoms with Crippen LogP contribution in [-0.2, 0) is 0 Å². The molecule has 0 saturated heterocycles. The molecule has 1 heterocycles. The Balaban J connectivity index is 2.52. The Morgan fingerprint density at radius 2 is 1.89 bits per heavy atom. The molecule has 18 heavy (non-hydrogen) atoms. The quantitative estimate of drug-likeness (QED) is 0.679. The van der Waals surface area contributed by atoms with Crippen molar-refractivity contribution in [2.24, 2.45) is 0 Å². The first-order valence-electron chi connectivity index (χ1n) is 5.33. The number of carbonyl (C=O) groups is 1. The normalized spacial score (nSPS) is 10.3. The lowest BCUT2D eigenvalue weighted by Crippen LogP contribution is -2.03. The van der Waals surface area contributed by atoms with Crippen LogP contribution < -0.4 is 0 Å². The van der Waals surface area contributed by atoms with E-state index in [1.165, 1.54) is 17.8 Å². The van der Waals surface area contributed by atoms with Gasteiger partial charge in [-0.25, -0.2) is 14.8 Å². The number of nitrogens with zero attached hydrogens (tertiary/aromatic N) is 2. The second-order valence-electron chi connectivity index (χ2n) is 3.80. The molecule has 2 aromatic rings. The molecular formula is C13H12N2O2S. The molecule has 0 fully saturated rings. The molecule has 4 nitrogen and oxygen atoms in total. The van der Waals surface area contributed by atoms with E-state index in [-0.39, 0.29) is 5.69 Å². The van der Waals surface area contributed by atoms with Gasteiger partial charge in [-0.2, -0.15) is 0 Å². The summed E-state index contributed by atoms with van der Waals surface area (Å²) in [5.41, 5.74) is 2.69. The zero-order valence-electron chi connectivity index (χ0n) is 10.0. The van der Waals surface area contributed by atoms with Gasteiger partial charge in [0.15, 0.2) is 10.9 Å². The summed E-state index contributed by atoms with van der Waals surface area (Å²) in [6.45, 7) is 2.00. The van der Waals surface area contributed by atoms with Crippen molar-refractivity contribution in [3.8, 4) is 11.3 Å². The van der Waals surface area contributed by atoms with Gasteiger partial charge in [-0.3, -0.25) is 0 Å². The van der Waals surface area contributed by atoms with E-state index in [1.54, 1.807) is 0 Å². The maximum absolute atomic E-state index is 11.0. The predicted molar refractivity (Wildman–Crippen MR) is 70.9 cm³/mol. The van der Waals surface area contributed by atoms with Crippen LogP contribution in [0.3, 0.4) is 0 Å². The summed E-state index contributed by atoms with van der Waals surface area (Å²) in [5, 5.41) is 9.48. The Labute approximate surface area is 109 Å². The van der Waals surface area contributed by atoms with Gasteiger partial charge in [-0.15, -0.1) is 0 Å². The number of carboxylic acid groups (broad SMARTS) is 1. The number of aryl methyl sites for hydroxylation is 1. The van der Waals surface area contributed by atoms with E-state index in [0.717, 1.165) is 11.1 Å². The zero-order chi connectivity index (χ0) is 13.1. The number of aromatic carboxylic acids is 1. The summed E-state index contributed by atoms with van der Waals surface area (Å²) in [7, 11) is 0. The monoisotopic (exact) mass is 260 g/mol. The average molecular weight is 260 g/mol. The fourth-order valence-electron chi connectivity index (χ4n) is 1.50. The van der Waals surface area contributed by atoms with Gasteiger partial charge in [0.05, 0.1) is 5.69 Å². The molecule has 0 bridgehead atoms. The van der Waals surface area contributed by atoms with Crippen LogP contribution in [0.15, 0.2) is 35.5 Å². The van der Waals surface area contributed by atoms with Crippen molar-refractivity contribution in [2.45, 2.75) is 12.1 Å². The minimum absolute atomic E-state index is 0.0184. The first-order chi connectivity index (χ1) is 8.60. The van der Waals surface area contributed by atoms with Crippen molar-refractivity contribution in [3.63, 3.8) is 0 Å². The van der Waals surface area contributed by atoms with Crippen molar-refractivity contribution >= 4 is 17.7 Å². The third kappa shape index (κ3) is 2.68. The minimum atomic E-state index is -1.04. The highest BCUT2D eigenvalue weighted by atomic mass is 32.2. The highest BCUT2D eigenvalue weighted by Gasteiger charge is 2.11. The van der Waals surface area contributed by atoms with Crippen molar-refractivity contribution in [2.75, 3.05) is 6.26 Å². The molecule has 0 amide bonds. The predicted octanol–water partition coefficient (Wildman–Crippen LogP) is 2.87. The van der Waals surface area contributed by atoms with Crippen LogP contribution in [0.2, 0.25) is 0 Å². The van der Waals surface area contributed by atoms with E-state index in [1.807, 2.05) is 37.4 Å². The number of hydrogen-bond acceptors (Lipinski definition) is 4. The molecule has 1 N–H and O–H groups in total. The first kappa shape index (κ1) is 12.6. The molecule has 0 saturated carbocycles. The van der Waals surface area contributed by atoms with E-state index < -0.39 is 5.97 Å². The molecule has 0 spiro atoms. The third-order valence-electron chi connectivity index (χ3n) is 2.45. The van der Waals surface area contributed by atoms with Crippen molar-refractivity contribution in [1.82, 2.24) is 9.97 Å². The van der Waals surface area contributed by atoms with Crippen LogP contribution in [0.25, 0.3) is 11.3 Å². The van der Waals surface area contributed by atoms with Crippen LogP contribution >= 0.6 is 11.8 Å². The number of rotatable bonds is 3. The molecule has 0 aliphatic carbocycles. The summed E-state index contributed by atoms with van der Waals surface area (Å²) in [6.07, 6.45) is 1.82. The fourth-order valence-corrected chi connectivity index (χ4v) is 1.88. The second-order valence-corrected chi connectivity index (χ2v) is 4.57. The molecule has 0 unspecified atom stereocenters. The lowest BCUT2D eigenvalue weighted by molar-refractivity contribution is 0.0689. The van der Waals surface area contributed by atoms with Gasteiger partial charge in [0, 0.05) is 5.56 Å². The largest absolute Gasteiger partial charge is 0.477 e. The summed E-state index contributed by atoms with van der Waals surface area (Å²) in [6, 6.07) is 9.28. The molecule has 0 aliphatic heterocycles. The Morgan fingerprint density at radius 1 is 1.22 bits per heavy atom. The molecule has 5 heteroatoms. The number of aromatic nitrogens is 2. The van der Waals surface area contributed by atoms with Crippen molar-refractivity contribution in [3.05, 3.63) is 41.6 Å². The average Bonchev–Trinajstić information content (AvgIpc) is 2.39. The Hall–Kier alpha value is -1.88. The van der Waals surface area contributed by atoms with E-state index in [0.29, 0.717) is 10.9 Å². The number of thioether (sulfide) groups is 1. The van der Waals surface area contributed by atoms with E-state index in [2.05, 4.69) is 9.97 Å². The molecule has 1 aromatic heterocycles. The molecule has 92 valence electrons. The Bertz CT molecular complexity index is 582. The zero-order valence-corrected chi connectivity index (χ0v) is 10.9. The SMILES string of the molecule is CSc1nc(C(=O)O)cc(-c2ccc(C)cc2)n1. The van der Waals surface area contributed by atoms with Gasteiger partial charge < -0.3 is 5.11 Å². The Kier molecular flexibility index (Phi) is 3.62. The fraction of sp³-hybridized carbons (Fsp3) is 0.154. The highest BCUT2D eigenvalue weighted by molar-refractivity contribution is 7.98. The Morgan fingerprint density at radius 3 is 2.44 bits per heavy atom. The van der Waals surface area contributed by atoms with E-state index in [4.69, 9.17) is 5.11 Å². The standard InChI is InChI=1S/C13H12N2O2S/c1-8-3-5-9(6-4-8)10-7-11(12(16)17)15-13(14-10)18-2/h3-7H,1-2H3,(H,16,17). The summed E-state index contributed by atoms with van der Waals surface area (Å²) >= 11 is 1.33. The number of carboxylic acids is 1. The van der Waals surface area contributed by atoms with Gasteiger partial charge in [0.1, 0.15) is 0 Å². The highest BCUT2D eigenvalue weighted by Crippen LogP contribution is 2.21. The maximum atomic E-state index is 11.0. The maximum Gasteiger partial charge on any atom is 0.354 e. The number of hydrogen-bond donors (Lipinski definition) is 1. The second kappa shape index (κ2) is 5.18. The van der Waals surface area contributed by atoms with Gasteiger partial charge >= 0.3 is 5.97 Å². The van der Waals surface area contributed by atoms with Crippen LogP contribution in [0.4, 0.5) is 0 Å². The molecule has 2 rings (SSSR count). The summed E-state index contributed by atoms with van der Waals surface area (Å²) in [4.78, 5) is 19.3. The lowest BCUT2D eigenvalue weighted by atomic mass is 10.1. The van der Waals surface area contributed by atoms with Crippen LogP contribution in [-0.4, -0.2) is 27.3 Å². The molecule has 0 radical (unpaired) electrons.